The molecule has 4 heterocycles. The van der Waals surface area contributed by atoms with Gasteiger partial charge in [-0.25, -0.2) is 4.98 Å². The second-order valence-electron chi connectivity index (χ2n) is 8.31. The van der Waals surface area contributed by atoms with E-state index in [-0.39, 0.29) is 5.91 Å². The predicted molar refractivity (Wildman–Crippen MR) is 119 cm³/mol. The standard InChI is InChI=1S/C23H26N6O/c1-13-17-12-24-21(11-18(17)25-22(13)19-6-5-9-28(19)3)26-23(30)15-7-8-16-14(2)27-29(4)20(16)10-15/h7-8,10-12,19,25H,5-6,9H2,1-4H3,(H,24,26,30). The van der Waals surface area contributed by atoms with Gasteiger partial charge in [-0.15, -0.1) is 0 Å². The minimum Gasteiger partial charge on any atom is -0.357 e. The number of carbonyl (C=O) groups excluding carboxylic acids is 1. The highest BCUT2D eigenvalue weighted by atomic mass is 16.1. The van der Waals surface area contributed by atoms with E-state index in [0.717, 1.165) is 40.5 Å². The summed E-state index contributed by atoms with van der Waals surface area (Å²) >= 11 is 0. The van der Waals surface area contributed by atoms with E-state index in [1.165, 1.54) is 17.7 Å². The first-order valence-electron chi connectivity index (χ1n) is 10.4. The summed E-state index contributed by atoms with van der Waals surface area (Å²) in [6.45, 7) is 5.24. The van der Waals surface area contributed by atoms with E-state index in [1.54, 1.807) is 4.68 Å². The Balaban J connectivity index is 1.44. The molecule has 7 heteroatoms. The van der Waals surface area contributed by atoms with Crippen LogP contribution in [0.15, 0.2) is 30.5 Å². The van der Waals surface area contributed by atoms with Crippen molar-refractivity contribution in [2.24, 2.45) is 7.05 Å². The fourth-order valence-electron chi connectivity index (χ4n) is 4.69. The molecule has 1 amide bonds. The normalized spacial score (nSPS) is 17.3. The number of rotatable bonds is 3. The largest absolute Gasteiger partial charge is 0.357 e. The van der Waals surface area contributed by atoms with Gasteiger partial charge in [0.15, 0.2) is 0 Å². The van der Waals surface area contributed by atoms with Gasteiger partial charge in [0.1, 0.15) is 5.82 Å². The number of amides is 1. The van der Waals surface area contributed by atoms with Crippen molar-refractivity contribution in [1.82, 2.24) is 24.6 Å². The number of nitrogens with one attached hydrogen (secondary N) is 2. The lowest BCUT2D eigenvalue weighted by Crippen LogP contribution is -2.18. The lowest BCUT2D eigenvalue weighted by Gasteiger charge is -2.19. The van der Waals surface area contributed by atoms with Gasteiger partial charge in [0.05, 0.1) is 16.7 Å². The maximum absolute atomic E-state index is 12.8. The molecule has 0 bridgehead atoms. The van der Waals surface area contributed by atoms with E-state index in [9.17, 15) is 4.79 Å². The summed E-state index contributed by atoms with van der Waals surface area (Å²) in [5.41, 5.74) is 5.99. The lowest BCUT2D eigenvalue weighted by molar-refractivity contribution is 0.102. The quantitative estimate of drug-likeness (QED) is 0.541. The number of anilines is 1. The van der Waals surface area contributed by atoms with Crippen LogP contribution in [0.4, 0.5) is 5.82 Å². The van der Waals surface area contributed by atoms with Crippen molar-refractivity contribution in [3.8, 4) is 0 Å². The van der Waals surface area contributed by atoms with Crippen LogP contribution >= 0.6 is 0 Å². The summed E-state index contributed by atoms with van der Waals surface area (Å²) in [5.74, 6) is 0.364. The molecule has 0 radical (unpaired) electrons. The molecule has 1 aliphatic rings. The van der Waals surface area contributed by atoms with Crippen LogP contribution in [0.2, 0.25) is 0 Å². The molecule has 1 unspecified atom stereocenters. The molecule has 1 saturated heterocycles. The minimum absolute atomic E-state index is 0.179. The summed E-state index contributed by atoms with van der Waals surface area (Å²) in [5, 5.41) is 9.52. The van der Waals surface area contributed by atoms with E-state index in [1.807, 2.05) is 44.4 Å². The molecule has 3 aromatic heterocycles. The van der Waals surface area contributed by atoms with Crippen LogP contribution < -0.4 is 5.32 Å². The van der Waals surface area contributed by atoms with Gasteiger partial charge in [0, 0.05) is 47.4 Å². The van der Waals surface area contributed by atoms with Gasteiger partial charge >= 0.3 is 0 Å². The number of nitrogens with zero attached hydrogens (tertiary/aromatic N) is 4. The van der Waals surface area contributed by atoms with E-state index in [4.69, 9.17) is 0 Å². The maximum atomic E-state index is 12.8. The highest BCUT2D eigenvalue weighted by Gasteiger charge is 2.26. The molecule has 1 fully saturated rings. The van der Waals surface area contributed by atoms with Crippen LogP contribution in [0.3, 0.4) is 0 Å². The Kier molecular flexibility index (Phi) is 4.36. The number of likely N-dealkylation sites (tertiary alicyclic amines) is 1. The molecule has 0 spiro atoms. The van der Waals surface area contributed by atoms with Crippen molar-refractivity contribution in [3.05, 3.63) is 53.0 Å². The number of aromatic nitrogens is 4. The minimum atomic E-state index is -0.179. The molecular weight excluding hydrogens is 376 g/mol. The van der Waals surface area contributed by atoms with Crippen molar-refractivity contribution in [2.75, 3.05) is 18.9 Å². The number of fused-ring (bicyclic) bond motifs is 2. The lowest BCUT2D eigenvalue weighted by atomic mass is 10.1. The van der Waals surface area contributed by atoms with Crippen molar-refractivity contribution in [1.29, 1.82) is 0 Å². The molecule has 2 N–H and O–H groups in total. The van der Waals surface area contributed by atoms with Crippen molar-refractivity contribution < 1.29 is 4.79 Å². The third-order valence-electron chi connectivity index (χ3n) is 6.37. The molecule has 1 aliphatic heterocycles. The van der Waals surface area contributed by atoms with Crippen LogP contribution in [-0.4, -0.2) is 44.1 Å². The zero-order valence-corrected chi connectivity index (χ0v) is 17.8. The molecule has 4 aromatic rings. The Hall–Kier alpha value is -3.19. The molecule has 0 saturated carbocycles. The maximum Gasteiger partial charge on any atom is 0.256 e. The van der Waals surface area contributed by atoms with Gasteiger partial charge in [-0.05, 0) is 58.0 Å². The molecule has 7 nitrogen and oxygen atoms in total. The fourth-order valence-corrected chi connectivity index (χ4v) is 4.69. The Morgan fingerprint density at radius 2 is 2.03 bits per heavy atom. The Morgan fingerprint density at radius 1 is 1.20 bits per heavy atom. The Bertz CT molecular complexity index is 1280. The summed E-state index contributed by atoms with van der Waals surface area (Å²) in [7, 11) is 4.06. The number of hydrogen-bond acceptors (Lipinski definition) is 4. The van der Waals surface area contributed by atoms with Crippen LogP contribution in [0.1, 0.15) is 46.2 Å². The van der Waals surface area contributed by atoms with Gasteiger partial charge in [-0.1, -0.05) is 6.07 Å². The number of carbonyl (C=O) groups is 1. The van der Waals surface area contributed by atoms with Crippen LogP contribution in [-0.2, 0) is 7.05 Å². The number of aryl methyl sites for hydroxylation is 3. The number of hydrogen-bond donors (Lipinski definition) is 2. The highest BCUT2D eigenvalue weighted by molar-refractivity contribution is 6.06. The van der Waals surface area contributed by atoms with Gasteiger partial charge in [0.25, 0.3) is 5.91 Å². The van der Waals surface area contributed by atoms with Crippen LogP contribution in [0.25, 0.3) is 21.8 Å². The number of benzene rings is 1. The average molecular weight is 403 g/mol. The van der Waals surface area contributed by atoms with E-state index in [0.29, 0.717) is 17.4 Å². The first-order chi connectivity index (χ1) is 14.4. The fraction of sp³-hybridized carbons (Fsp3) is 0.348. The van der Waals surface area contributed by atoms with Gasteiger partial charge in [0.2, 0.25) is 0 Å². The third kappa shape index (κ3) is 2.97. The number of aromatic amines is 1. The summed E-state index contributed by atoms with van der Waals surface area (Å²) in [6.07, 6.45) is 4.23. The topological polar surface area (TPSA) is 78.8 Å². The molecule has 5 rings (SSSR count). The molecule has 30 heavy (non-hydrogen) atoms. The van der Waals surface area contributed by atoms with Crippen molar-refractivity contribution >= 4 is 33.5 Å². The molecule has 1 atom stereocenters. The average Bonchev–Trinajstić information content (AvgIpc) is 3.37. The summed E-state index contributed by atoms with van der Waals surface area (Å²) < 4.78 is 1.80. The zero-order valence-electron chi connectivity index (χ0n) is 17.8. The van der Waals surface area contributed by atoms with Gasteiger partial charge in [-0.2, -0.15) is 5.10 Å². The zero-order chi connectivity index (χ0) is 21.0. The molecule has 1 aromatic carbocycles. The molecule has 0 aliphatic carbocycles. The summed E-state index contributed by atoms with van der Waals surface area (Å²) in [6, 6.07) is 7.99. The van der Waals surface area contributed by atoms with Crippen LogP contribution in [0, 0.1) is 13.8 Å². The number of H-pyrrole nitrogens is 1. The molecule has 154 valence electrons. The van der Waals surface area contributed by atoms with Crippen LogP contribution in [0.5, 0.6) is 0 Å². The first kappa shape index (κ1) is 18.8. The number of pyridine rings is 1. The van der Waals surface area contributed by atoms with Gasteiger partial charge in [-0.3, -0.25) is 14.4 Å². The molecular formula is C23H26N6O. The van der Waals surface area contributed by atoms with Crippen molar-refractivity contribution in [2.45, 2.75) is 32.7 Å². The smallest absolute Gasteiger partial charge is 0.256 e. The second kappa shape index (κ2) is 6.95. The van der Waals surface area contributed by atoms with E-state index in [2.05, 4.69) is 39.3 Å². The second-order valence-corrected chi connectivity index (χ2v) is 8.31. The first-order valence-corrected chi connectivity index (χ1v) is 10.4. The van der Waals surface area contributed by atoms with E-state index >= 15 is 0 Å². The predicted octanol–water partition coefficient (Wildman–Crippen LogP) is 4.09. The highest BCUT2D eigenvalue weighted by Crippen LogP contribution is 2.35. The van der Waals surface area contributed by atoms with Crippen molar-refractivity contribution in [3.63, 3.8) is 0 Å². The Morgan fingerprint density at radius 3 is 2.80 bits per heavy atom. The third-order valence-corrected chi connectivity index (χ3v) is 6.37. The summed E-state index contributed by atoms with van der Waals surface area (Å²) in [4.78, 5) is 23.3. The monoisotopic (exact) mass is 402 g/mol. The SMILES string of the molecule is Cc1c(C2CCCN2C)[nH]c2cc(NC(=O)c3ccc4c(C)nn(C)c4c3)ncc12. The van der Waals surface area contributed by atoms with Gasteiger partial charge < -0.3 is 10.3 Å². The van der Waals surface area contributed by atoms with E-state index < -0.39 is 0 Å². The Labute approximate surface area is 175 Å².